The molecule has 286 valence electrons. The molecule has 1 aliphatic carbocycles. The van der Waals surface area contributed by atoms with Crippen molar-refractivity contribution in [1.82, 2.24) is 9.97 Å². The first-order valence-corrected chi connectivity index (χ1v) is 20.6. The predicted molar refractivity (Wildman–Crippen MR) is 212 cm³/mol. The minimum absolute atomic E-state index is 0.0627. The monoisotopic (exact) mass is 813 g/mol. The van der Waals surface area contributed by atoms with Gasteiger partial charge >= 0.3 is 12.7 Å². The second-order valence-corrected chi connectivity index (χ2v) is 16.9. The molecule has 0 radical (unpaired) electrons. The van der Waals surface area contributed by atoms with E-state index in [1.807, 2.05) is 66.7 Å². The number of aryl methyl sites for hydroxylation is 1. The van der Waals surface area contributed by atoms with E-state index in [1.165, 1.54) is 18.2 Å². The van der Waals surface area contributed by atoms with E-state index in [2.05, 4.69) is 9.97 Å². The topological polar surface area (TPSA) is 113 Å². The summed E-state index contributed by atoms with van der Waals surface area (Å²) in [5, 5.41) is 10.8. The Morgan fingerprint density at radius 3 is 2.28 bits per heavy atom. The van der Waals surface area contributed by atoms with Crippen LogP contribution in [0.15, 0.2) is 84.9 Å². The summed E-state index contributed by atoms with van der Waals surface area (Å²) < 4.78 is 42.0. The smallest absolute Gasteiger partial charge is 0.381 e. The molecule has 0 N–H and O–H groups in total. The van der Waals surface area contributed by atoms with Gasteiger partial charge in [0.2, 0.25) is 12.0 Å². The van der Waals surface area contributed by atoms with E-state index in [4.69, 9.17) is 58.1 Å². The molecule has 1 fully saturated rings. The zero-order valence-electron chi connectivity index (χ0n) is 31.1. The lowest BCUT2D eigenvalue weighted by Crippen LogP contribution is -2.14. The molecule has 0 spiro atoms. The van der Waals surface area contributed by atoms with Crippen molar-refractivity contribution < 1.29 is 32.2 Å². The predicted octanol–water partition coefficient (Wildman–Crippen LogP) is 11.5. The van der Waals surface area contributed by atoms with Gasteiger partial charge in [0, 0.05) is 45.1 Å². The molecule has 4 aromatic rings. The largest absolute Gasteiger partial charge is 0.454 e. The molecule has 14 heteroatoms. The first-order valence-electron chi connectivity index (χ1n) is 17.3. The van der Waals surface area contributed by atoms with Crippen molar-refractivity contribution in [2.45, 2.75) is 60.5 Å². The fraction of sp³-hybridized carbons (Fsp3) is 0.350. The van der Waals surface area contributed by atoms with Crippen LogP contribution in [0, 0.1) is 41.3 Å². The van der Waals surface area contributed by atoms with Gasteiger partial charge in [0.1, 0.15) is 17.6 Å². The Kier molecular flexibility index (Phi) is 15.2. The molecule has 0 aliphatic heterocycles. The lowest BCUT2D eigenvalue weighted by Gasteiger charge is -2.20. The van der Waals surface area contributed by atoms with Crippen molar-refractivity contribution in [3.8, 4) is 23.4 Å². The maximum absolute atomic E-state index is 14.3. The van der Waals surface area contributed by atoms with Gasteiger partial charge in [0.15, 0.2) is 11.6 Å². The van der Waals surface area contributed by atoms with E-state index >= 15 is 0 Å². The lowest BCUT2D eigenvalue weighted by atomic mass is 10.1. The molecular weight excluding hydrogens is 771 g/mol. The first kappa shape index (κ1) is 42.9. The van der Waals surface area contributed by atoms with E-state index < -0.39 is 35.9 Å². The van der Waals surface area contributed by atoms with Crippen LogP contribution in [-0.4, -0.2) is 29.2 Å². The molecule has 1 saturated carbocycles. The van der Waals surface area contributed by atoms with Gasteiger partial charge < -0.3 is 14.0 Å². The van der Waals surface area contributed by atoms with Crippen molar-refractivity contribution in [2.24, 2.45) is 17.3 Å². The van der Waals surface area contributed by atoms with Gasteiger partial charge in [-0.15, -0.1) is 0 Å². The maximum atomic E-state index is 14.3. The van der Waals surface area contributed by atoms with Crippen molar-refractivity contribution in [2.75, 3.05) is 13.2 Å². The second kappa shape index (κ2) is 19.1. The van der Waals surface area contributed by atoms with Crippen LogP contribution in [0.1, 0.15) is 76.2 Å². The Morgan fingerprint density at radius 2 is 1.69 bits per heavy atom. The number of para-hydroxylation sites is 1. The molecule has 0 amide bonds. The number of carbonyl (C=O) groups is 1. The average Bonchev–Trinajstić information content (AvgIpc) is 3.67. The van der Waals surface area contributed by atoms with Crippen molar-refractivity contribution in [3.05, 3.63) is 118 Å². The highest BCUT2D eigenvalue weighted by molar-refractivity contribution is 8.07. The molecule has 3 unspecified atom stereocenters. The molecule has 54 heavy (non-hydrogen) atoms. The molecule has 0 saturated heterocycles. The SMILES string of the molecule is CC1(C)C(/C=C(\Cl)c2ccc(Cl)cc2)C1C(=O)OC(C#N)c1ccc(F)c(Oc2ccccc2)c1.CCOP(=S)(OCC)Oc1cc(C)nc(C(C)C)n1. The van der Waals surface area contributed by atoms with Crippen LogP contribution in [0.25, 0.3) is 5.03 Å². The number of nitrogens with zero attached hydrogens (tertiary/aromatic N) is 3. The highest BCUT2D eigenvalue weighted by Crippen LogP contribution is 2.60. The minimum Gasteiger partial charge on any atom is -0.454 e. The van der Waals surface area contributed by atoms with Crippen LogP contribution in [0.3, 0.4) is 0 Å². The first-order chi connectivity index (χ1) is 25.6. The standard InChI is InChI=1S/C28H22Cl2FNO3.C12H21N2O3PS/c1-28(2)21(15-22(30)17-8-11-19(29)12-9-17)26(28)27(33)35-25(16-32)18-10-13-23(31)24(14-18)34-20-6-4-3-5-7-20;1-6-15-18(19,16-7-2)17-11-8-10(5)13-12(14-11)9(3)4/h3-15,21,25-26H,1-2H3;8-9H,6-7H2,1-5H3/b22-15-;. The van der Waals surface area contributed by atoms with E-state index in [9.17, 15) is 14.4 Å². The number of aromatic nitrogens is 2. The number of nitriles is 1. The Bertz CT molecular complexity index is 2020. The molecule has 9 nitrogen and oxygen atoms in total. The number of esters is 1. The van der Waals surface area contributed by atoms with Crippen LogP contribution in [-0.2, 0) is 30.4 Å². The fourth-order valence-electron chi connectivity index (χ4n) is 5.42. The number of carbonyl (C=O) groups excluding carboxylic acids is 1. The second-order valence-electron chi connectivity index (χ2n) is 13.1. The Hall–Kier alpha value is -3.88. The summed E-state index contributed by atoms with van der Waals surface area (Å²) in [5.41, 5.74) is 1.55. The van der Waals surface area contributed by atoms with Gasteiger partial charge in [0.25, 0.3) is 0 Å². The lowest BCUT2D eigenvalue weighted by molar-refractivity contribution is -0.149. The fourth-order valence-corrected chi connectivity index (χ4v) is 7.81. The molecule has 1 heterocycles. The zero-order valence-corrected chi connectivity index (χ0v) is 34.3. The van der Waals surface area contributed by atoms with Gasteiger partial charge in [-0.05, 0) is 74.1 Å². The summed E-state index contributed by atoms with van der Waals surface area (Å²) in [7, 11) is 0. The Labute approximate surface area is 331 Å². The Balaban J connectivity index is 0.000000290. The maximum Gasteiger partial charge on any atom is 0.381 e. The van der Waals surface area contributed by atoms with E-state index in [-0.39, 0.29) is 17.6 Å². The van der Waals surface area contributed by atoms with Crippen LogP contribution in [0.4, 0.5) is 4.39 Å². The van der Waals surface area contributed by atoms with E-state index in [1.54, 1.807) is 54.6 Å². The van der Waals surface area contributed by atoms with E-state index in [0.29, 0.717) is 40.5 Å². The Morgan fingerprint density at radius 1 is 1.04 bits per heavy atom. The van der Waals surface area contributed by atoms with Gasteiger partial charge in [-0.2, -0.15) is 10.2 Å². The van der Waals surface area contributed by atoms with Gasteiger partial charge in [-0.3, -0.25) is 13.8 Å². The van der Waals surface area contributed by atoms with Crippen LogP contribution < -0.4 is 9.26 Å². The third-order valence-electron chi connectivity index (χ3n) is 8.33. The molecule has 5 rings (SSSR count). The van der Waals surface area contributed by atoms with Gasteiger partial charge in [-0.25, -0.2) is 9.37 Å². The van der Waals surface area contributed by atoms with Gasteiger partial charge in [0.05, 0.1) is 19.1 Å². The highest BCUT2D eigenvalue weighted by Gasteiger charge is 2.62. The minimum atomic E-state index is -2.77. The molecule has 3 atom stereocenters. The molecule has 1 aromatic heterocycles. The summed E-state index contributed by atoms with van der Waals surface area (Å²) in [5.74, 6) is 0.00497. The van der Waals surface area contributed by atoms with Crippen LogP contribution in [0.5, 0.6) is 17.4 Å². The molecule has 1 aliphatic rings. The van der Waals surface area contributed by atoms with Gasteiger partial charge in [-0.1, -0.05) is 93.4 Å². The average molecular weight is 815 g/mol. The molecule has 3 aromatic carbocycles. The quantitative estimate of drug-likeness (QED) is 0.0900. The number of rotatable bonds is 14. The van der Waals surface area contributed by atoms with Crippen LogP contribution >= 0.6 is 29.9 Å². The third-order valence-corrected chi connectivity index (χ3v) is 11.3. The van der Waals surface area contributed by atoms with Crippen molar-refractivity contribution in [1.29, 1.82) is 5.26 Å². The number of hydrogen-bond acceptors (Lipinski definition) is 10. The normalized spacial score (nSPS) is 16.7. The summed E-state index contributed by atoms with van der Waals surface area (Å²) in [4.78, 5) is 21.7. The number of ether oxygens (including phenoxy) is 2. The number of halogens is 3. The zero-order chi connectivity index (χ0) is 39.6. The summed E-state index contributed by atoms with van der Waals surface area (Å²) >= 11 is 17.7. The van der Waals surface area contributed by atoms with Crippen molar-refractivity contribution >= 4 is 52.7 Å². The molecule has 0 bridgehead atoms. The number of hydrogen-bond donors (Lipinski definition) is 0. The third kappa shape index (κ3) is 11.6. The van der Waals surface area contributed by atoms with Crippen LogP contribution in [0.2, 0.25) is 5.02 Å². The van der Waals surface area contributed by atoms with Crippen molar-refractivity contribution in [3.63, 3.8) is 0 Å². The summed E-state index contributed by atoms with van der Waals surface area (Å²) in [6.45, 7) is 11.7. The summed E-state index contributed by atoms with van der Waals surface area (Å²) in [6.07, 6.45) is 0.621. The summed E-state index contributed by atoms with van der Waals surface area (Å²) in [6, 6.07) is 23.5. The molecular formula is C40H43Cl2FN3O6PS. The number of allylic oxidation sites excluding steroid dienone is 1. The highest BCUT2D eigenvalue weighted by atomic mass is 35.5. The van der Waals surface area contributed by atoms with E-state index in [0.717, 1.165) is 17.1 Å². The number of benzene rings is 3.